The van der Waals surface area contributed by atoms with Crippen LogP contribution in [0.25, 0.3) is 0 Å². The maximum absolute atomic E-state index is 11.0. The van der Waals surface area contributed by atoms with Crippen LogP contribution in [-0.2, 0) is 16.1 Å². The van der Waals surface area contributed by atoms with Crippen LogP contribution in [0, 0.1) is 6.92 Å². The molecule has 0 aliphatic rings. The largest absolute Gasteiger partial charge is 0.277 e. The Morgan fingerprint density at radius 2 is 2.58 bits per heavy atom. The van der Waals surface area contributed by atoms with Crippen molar-refractivity contribution in [2.75, 3.05) is 7.11 Å². The molecule has 1 rings (SSSR count). The first kappa shape index (κ1) is 9.15. The summed E-state index contributed by atoms with van der Waals surface area (Å²) in [5.41, 5.74) is 3.01. The van der Waals surface area contributed by atoms with Gasteiger partial charge < -0.3 is 0 Å². The third-order valence-electron chi connectivity index (χ3n) is 1.22. The molecule has 0 radical (unpaired) electrons. The molecule has 0 saturated carbocycles. The molecule has 4 nitrogen and oxygen atoms in total. The molecule has 1 aromatic heterocycles. The molecule has 0 aliphatic carbocycles. The SMILES string of the molecule is CONC(=O)Cc1csc(C)n1. The minimum absolute atomic E-state index is 0.178. The van der Waals surface area contributed by atoms with E-state index in [2.05, 4.69) is 15.3 Å². The number of thiazole rings is 1. The number of aryl methyl sites for hydroxylation is 1. The van der Waals surface area contributed by atoms with Gasteiger partial charge >= 0.3 is 0 Å². The number of hydrogen-bond donors (Lipinski definition) is 1. The molecule has 0 aromatic carbocycles. The maximum Gasteiger partial charge on any atom is 0.249 e. The highest BCUT2D eigenvalue weighted by molar-refractivity contribution is 7.09. The van der Waals surface area contributed by atoms with E-state index in [4.69, 9.17) is 0 Å². The molecule has 0 atom stereocenters. The summed E-state index contributed by atoms with van der Waals surface area (Å²) in [6, 6.07) is 0. The van der Waals surface area contributed by atoms with Gasteiger partial charge in [0.25, 0.3) is 0 Å². The third kappa shape index (κ3) is 2.60. The van der Waals surface area contributed by atoms with Crippen LogP contribution in [0.1, 0.15) is 10.7 Å². The predicted octanol–water partition coefficient (Wildman–Crippen LogP) is 0.672. The van der Waals surface area contributed by atoms with Crippen LogP contribution in [0.4, 0.5) is 0 Å². The second-order valence-corrected chi connectivity index (χ2v) is 3.33. The summed E-state index contributed by atoms with van der Waals surface area (Å²) in [5, 5.41) is 2.83. The fraction of sp³-hybridized carbons (Fsp3) is 0.429. The van der Waals surface area contributed by atoms with Crippen molar-refractivity contribution in [1.82, 2.24) is 10.5 Å². The smallest absolute Gasteiger partial charge is 0.249 e. The van der Waals surface area contributed by atoms with E-state index in [0.29, 0.717) is 0 Å². The molecule has 1 aromatic rings. The zero-order valence-corrected chi connectivity index (χ0v) is 7.77. The summed E-state index contributed by atoms with van der Waals surface area (Å²) in [5.74, 6) is -0.178. The minimum Gasteiger partial charge on any atom is -0.277 e. The highest BCUT2D eigenvalue weighted by Crippen LogP contribution is 2.07. The molecule has 5 heteroatoms. The molecule has 0 bridgehead atoms. The molecule has 0 spiro atoms. The van der Waals surface area contributed by atoms with Gasteiger partial charge in [-0.1, -0.05) is 0 Å². The number of aromatic nitrogens is 1. The van der Waals surface area contributed by atoms with Crippen LogP contribution in [0.15, 0.2) is 5.38 Å². The van der Waals surface area contributed by atoms with E-state index in [0.717, 1.165) is 10.7 Å². The summed E-state index contributed by atoms with van der Waals surface area (Å²) in [7, 11) is 1.41. The van der Waals surface area contributed by atoms with Gasteiger partial charge in [0.1, 0.15) is 0 Å². The van der Waals surface area contributed by atoms with Crippen LogP contribution >= 0.6 is 11.3 Å². The Balaban J connectivity index is 2.46. The monoisotopic (exact) mass is 186 g/mol. The Bertz CT molecular complexity index is 272. The first-order valence-corrected chi connectivity index (χ1v) is 4.33. The summed E-state index contributed by atoms with van der Waals surface area (Å²) < 4.78 is 0. The maximum atomic E-state index is 11.0. The number of nitrogens with zero attached hydrogens (tertiary/aromatic N) is 1. The molecule has 66 valence electrons. The van der Waals surface area contributed by atoms with Crippen LogP contribution in [0.5, 0.6) is 0 Å². The lowest BCUT2D eigenvalue weighted by molar-refractivity contribution is -0.130. The van der Waals surface area contributed by atoms with Crippen molar-refractivity contribution in [3.05, 3.63) is 16.1 Å². The molecule has 0 aliphatic heterocycles. The molecule has 0 unspecified atom stereocenters. The Morgan fingerprint density at radius 1 is 1.83 bits per heavy atom. The standard InChI is InChI=1S/C7H10N2O2S/c1-5-8-6(4-12-5)3-7(10)9-11-2/h4H,3H2,1-2H3,(H,9,10). The van der Waals surface area contributed by atoms with Gasteiger partial charge in [-0.25, -0.2) is 10.5 Å². The van der Waals surface area contributed by atoms with Crippen molar-refractivity contribution < 1.29 is 9.63 Å². The number of nitrogens with one attached hydrogen (secondary N) is 1. The number of carbonyl (C=O) groups is 1. The van der Waals surface area contributed by atoms with Crippen molar-refractivity contribution in [2.45, 2.75) is 13.3 Å². The Morgan fingerprint density at radius 3 is 3.08 bits per heavy atom. The number of carbonyl (C=O) groups excluding carboxylic acids is 1. The third-order valence-corrected chi connectivity index (χ3v) is 2.05. The second-order valence-electron chi connectivity index (χ2n) is 2.26. The van der Waals surface area contributed by atoms with E-state index >= 15 is 0 Å². The Kier molecular flexibility index (Phi) is 3.19. The van der Waals surface area contributed by atoms with Crippen LogP contribution in [0.3, 0.4) is 0 Å². The molecule has 1 N–H and O–H groups in total. The van der Waals surface area contributed by atoms with E-state index in [1.54, 1.807) is 0 Å². The Labute approximate surface area is 74.5 Å². The molecule has 0 saturated heterocycles. The number of rotatable bonds is 3. The first-order chi connectivity index (χ1) is 5.72. The number of amides is 1. The van der Waals surface area contributed by atoms with Crippen LogP contribution < -0.4 is 5.48 Å². The van der Waals surface area contributed by atoms with Gasteiger partial charge in [-0.05, 0) is 6.92 Å². The summed E-state index contributed by atoms with van der Waals surface area (Å²) in [6.45, 7) is 1.91. The van der Waals surface area contributed by atoms with Crippen molar-refractivity contribution >= 4 is 17.2 Å². The van der Waals surface area contributed by atoms with Crippen molar-refractivity contribution in [1.29, 1.82) is 0 Å². The zero-order valence-electron chi connectivity index (χ0n) is 6.96. The number of hydrogen-bond acceptors (Lipinski definition) is 4. The molecule has 1 amide bonds. The van der Waals surface area contributed by atoms with E-state index in [9.17, 15) is 4.79 Å². The average Bonchev–Trinajstić information content (AvgIpc) is 2.36. The zero-order chi connectivity index (χ0) is 8.97. The van der Waals surface area contributed by atoms with Gasteiger partial charge in [0.05, 0.1) is 24.2 Å². The highest BCUT2D eigenvalue weighted by atomic mass is 32.1. The van der Waals surface area contributed by atoms with Gasteiger partial charge in [0, 0.05) is 5.38 Å². The Hall–Kier alpha value is -0.940. The summed E-state index contributed by atoms with van der Waals surface area (Å²) >= 11 is 1.53. The van der Waals surface area contributed by atoms with Crippen molar-refractivity contribution in [2.24, 2.45) is 0 Å². The van der Waals surface area contributed by atoms with Gasteiger partial charge in [-0.15, -0.1) is 11.3 Å². The van der Waals surface area contributed by atoms with E-state index in [-0.39, 0.29) is 12.3 Å². The van der Waals surface area contributed by atoms with Crippen molar-refractivity contribution in [3.8, 4) is 0 Å². The van der Waals surface area contributed by atoms with E-state index in [1.807, 2.05) is 12.3 Å². The first-order valence-electron chi connectivity index (χ1n) is 3.45. The fourth-order valence-electron chi connectivity index (χ4n) is 0.804. The second kappa shape index (κ2) is 4.18. The molecule has 12 heavy (non-hydrogen) atoms. The van der Waals surface area contributed by atoms with Gasteiger partial charge in [0.15, 0.2) is 0 Å². The summed E-state index contributed by atoms with van der Waals surface area (Å²) in [4.78, 5) is 19.5. The topological polar surface area (TPSA) is 51.2 Å². The predicted molar refractivity (Wildman–Crippen MR) is 45.7 cm³/mol. The normalized spacial score (nSPS) is 9.83. The molecule has 1 heterocycles. The quantitative estimate of drug-likeness (QED) is 0.706. The van der Waals surface area contributed by atoms with Crippen molar-refractivity contribution in [3.63, 3.8) is 0 Å². The average molecular weight is 186 g/mol. The van der Waals surface area contributed by atoms with E-state index in [1.165, 1.54) is 18.4 Å². The van der Waals surface area contributed by atoms with Gasteiger partial charge in [0.2, 0.25) is 5.91 Å². The lowest BCUT2D eigenvalue weighted by Gasteiger charge is -1.97. The van der Waals surface area contributed by atoms with Crippen LogP contribution in [-0.4, -0.2) is 18.0 Å². The van der Waals surface area contributed by atoms with E-state index < -0.39 is 0 Å². The van der Waals surface area contributed by atoms with Gasteiger partial charge in [-0.3, -0.25) is 9.63 Å². The number of hydroxylamine groups is 1. The fourth-order valence-corrected chi connectivity index (χ4v) is 1.42. The highest BCUT2D eigenvalue weighted by Gasteiger charge is 2.04. The molecular formula is C7H10N2O2S. The molecular weight excluding hydrogens is 176 g/mol. The molecule has 0 fully saturated rings. The summed E-state index contributed by atoms with van der Waals surface area (Å²) in [6.07, 6.45) is 0.276. The van der Waals surface area contributed by atoms with Crippen LogP contribution in [0.2, 0.25) is 0 Å². The minimum atomic E-state index is -0.178. The van der Waals surface area contributed by atoms with Gasteiger partial charge in [-0.2, -0.15) is 0 Å². The lowest BCUT2D eigenvalue weighted by Crippen LogP contribution is -2.23. The lowest BCUT2D eigenvalue weighted by atomic mass is 10.3.